The zero-order valence-electron chi connectivity index (χ0n) is 19.5. The number of hydrogen-bond donors (Lipinski definition) is 3. The fourth-order valence-corrected chi connectivity index (χ4v) is 3.47. The van der Waals surface area contributed by atoms with Crippen LogP contribution in [0, 0.1) is 13.8 Å². The summed E-state index contributed by atoms with van der Waals surface area (Å²) in [7, 11) is 0. The molecule has 0 aromatic heterocycles. The maximum Gasteiger partial charge on any atom is 0.490 e. The molecule has 0 amide bonds. The lowest BCUT2D eigenvalue weighted by atomic mass is 10.1. The van der Waals surface area contributed by atoms with Gasteiger partial charge in [0.05, 0.1) is 11.0 Å². The molecule has 2 aliphatic rings. The van der Waals surface area contributed by atoms with Crippen molar-refractivity contribution < 1.29 is 23.1 Å². The minimum Gasteiger partial charge on any atom is -0.475 e. The van der Waals surface area contributed by atoms with Crippen molar-refractivity contribution >= 4 is 17.0 Å². The van der Waals surface area contributed by atoms with Crippen LogP contribution in [0.15, 0.2) is 52.1 Å². The summed E-state index contributed by atoms with van der Waals surface area (Å²) in [4.78, 5) is 43.8. The number of carbonyl (C=O) groups is 1. The molecule has 4 rings (SSSR count). The van der Waals surface area contributed by atoms with Gasteiger partial charge in [-0.05, 0) is 55.6 Å². The number of halogens is 3. The average Bonchev–Trinajstić information content (AvgIpc) is 2.80. The van der Waals surface area contributed by atoms with Crippen molar-refractivity contribution in [3.05, 3.63) is 80.0 Å². The van der Waals surface area contributed by atoms with Gasteiger partial charge in [-0.2, -0.15) is 18.2 Å². The van der Waals surface area contributed by atoms with Gasteiger partial charge in [-0.15, -0.1) is 0 Å². The third kappa shape index (κ3) is 6.54. The summed E-state index contributed by atoms with van der Waals surface area (Å²) in [5.74, 6) is -2.43. The summed E-state index contributed by atoms with van der Waals surface area (Å²) < 4.78 is 33.7. The molecule has 0 bridgehead atoms. The fraction of sp³-hybridized carbons (Fsp3) is 0.292. The Bertz CT molecular complexity index is 1450. The summed E-state index contributed by atoms with van der Waals surface area (Å²) in [6.45, 7) is 6.27. The molecule has 2 aromatic carbocycles. The van der Waals surface area contributed by atoms with Gasteiger partial charge >= 0.3 is 17.8 Å². The van der Waals surface area contributed by atoms with Crippen LogP contribution < -0.4 is 16.6 Å². The van der Waals surface area contributed by atoms with Gasteiger partial charge in [-0.1, -0.05) is 30.3 Å². The largest absolute Gasteiger partial charge is 0.490 e. The van der Waals surface area contributed by atoms with E-state index in [1.165, 1.54) is 5.56 Å². The first-order chi connectivity index (χ1) is 17.0. The molecule has 36 heavy (non-hydrogen) atoms. The maximum absolute atomic E-state index is 12.3. The Kier molecular flexibility index (Phi) is 8.20. The van der Waals surface area contributed by atoms with Gasteiger partial charge in [0.15, 0.2) is 11.5 Å². The normalized spacial score (nSPS) is 11.4. The molecule has 0 saturated heterocycles. The molecule has 12 heteroatoms. The van der Waals surface area contributed by atoms with E-state index in [0.717, 1.165) is 41.7 Å². The molecule has 2 aromatic rings. The first-order valence-corrected chi connectivity index (χ1v) is 10.9. The number of fused-ring (bicyclic) bond motifs is 2. The second-order valence-electron chi connectivity index (χ2n) is 8.05. The van der Waals surface area contributed by atoms with Crippen LogP contribution in [0.4, 0.5) is 13.2 Å². The molecular formula is C24H24F3N5O4. The molecule has 2 heterocycles. The quantitative estimate of drug-likeness (QED) is 0.272. The molecule has 190 valence electrons. The summed E-state index contributed by atoms with van der Waals surface area (Å²) in [6.07, 6.45) is -4.26. The van der Waals surface area contributed by atoms with E-state index < -0.39 is 23.4 Å². The van der Waals surface area contributed by atoms with Crippen LogP contribution in [0.25, 0.3) is 22.6 Å². The molecule has 0 radical (unpaired) electrons. The monoisotopic (exact) mass is 503 g/mol. The second-order valence-corrected chi connectivity index (χ2v) is 8.05. The van der Waals surface area contributed by atoms with E-state index in [1.807, 2.05) is 48.7 Å². The fourth-order valence-electron chi connectivity index (χ4n) is 3.47. The van der Waals surface area contributed by atoms with E-state index >= 15 is 0 Å². The molecule has 0 atom stereocenters. The number of carboxylic acid groups (broad SMARTS) is 1. The SMILES string of the molecule is Cc1cc2nc3c(=O)[nH]c(=O)nc-3n(CCCNCc3ccccc3)c2cc1C.O=C(O)C(F)(F)F. The summed E-state index contributed by atoms with van der Waals surface area (Å²) in [6, 6.07) is 14.2. The molecule has 0 saturated carbocycles. The lowest BCUT2D eigenvalue weighted by molar-refractivity contribution is -0.192. The van der Waals surface area contributed by atoms with Crippen LogP contribution >= 0.6 is 0 Å². The van der Waals surface area contributed by atoms with Crippen molar-refractivity contribution in [1.29, 1.82) is 0 Å². The standard InChI is InChI=1S/C22H23N5O2.C2HF3O2/c1-14-11-17-18(12-15(14)2)27(20-19(24-17)21(28)26-22(29)25-20)10-6-9-23-13-16-7-4-3-5-8-16;3-2(4,5)1(6)7/h3-5,7-8,11-12,23H,6,9-10,13H2,1-2H3,(H,26,28,29);(H,6,7). The van der Waals surface area contributed by atoms with E-state index in [-0.39, 0.29) is 5.69 Å². The highest BCUT2D eigenvalue weighted by atomic mass is 19.4. The minimum atomic E-state index is -5.08. The van der Waals surface area contributed by atoms with Crippen LogP contribution in [0.2, 0.25) is 0 Å². The Morgan fingerprint density at radius 3 is 2.36 bits per heavy atom. The Hall–Kier alpha value is -4.06. The number of aryl methyl sites for hydroxylation is 3. The van der Waals surface area contributed by atoms with Crippen LogP contribution in [-0.2, 0) is 17.9 Å². The maximum atomic E-state index is 12.3. The third-order valence-electron chi connectivity index (χ3n) is 5.37. The van der Waals surface area contributed by atoms with E-state index in [4.69, 9.17) is 9.90 Å². The number of carboxylic acids is 1. The number of H-pyrrole nitrogens is 1. The van der Waals surface area contributed by atoms with Gasteiger partial charge in [0, 0.05) is 13.1 Å². The van der Waals surface area contributed by atoms with Crippen LogP contribution in [0.5, 0.6) is 0 Å². The van der Waals surface area contributed by atoms with Crippen molar-refractivity contribution in [2.75, 3.05) is 6.54 Å². The number of nitrogens with one attached hydrogen (secondary N) is 2. The zero-order chi connectivity index (χ0) is 26.5. The lowest BCUT2D eigenvalue weighted by Gasteiger charge is -2.18. The lowest BCUT2D eigenvalue weighted by Crippen LogP contribution is -2.29. The number of nitrogens with zero attached hydrogens (tertiary/aromatic N) is 3. The number of alkyl halides is 3. The summed E-state index contributed by atoms with van der Waals surface area (Å²) in [5, 5.41) is 10.6. The Morgan fingerprint density at radius 1 is 1.08 bits per heavy atom. The number of benzene rings is 2. The van der Waals surface area contributed by atoms with Gasteiger partial charge in [-0.25, -0.2) is 14.6 Å². The van der Waals surface area contributed by atoms with Crippen molar-refractivity contribution in [2.45, 2.75) is 39.5 Å². The van der Waals surface area contributed by atoms with E-state index in [0.29, 0.717) is 12.4 Å². The molecule has 9 nitrogen and oxygen atoms in total. The summed E-state index contributed by atoms with van der Waals surface area (Å²) in [5.41, 5.74) is 4.10. The minimum absolute atomic E-state index is 0.192. The first-order valence-electron chi connectivity index (χ1n) is 10.9. The van der Waals surface area contributed by atoms with Gasteiger partial charge < -0.3 is 15.0 Å². The van der Waals surface area contributed by atoms with Crippen molar-refractivity contribution in [3.8, 4) is 11.5 Å². The molecule has 2 aliphatic heterocycles. The highest BCUT2D eigenvalue weighted by Crippen LogP contribution is 2.24. The van der Waals surface area contributed by atoms with Crippen LogP contribution in [-0.4, -0.2) is 43.3 Å². The molecule has 0 spiro atoms. The van der Waals surface area contributed by atoms with Crippen LogP contribution in [0.1, 0.15) is 23.1 Å². The zero-order valence-corrected chi connectivity index (χ0v) is 19.5. The second kappa shape index (κ2) is 11.1. The number of aliphatic carboxylic acids is 1. The number of hydrogen-bond acceptors (Lipinski definition) is 6. The van der Waals surface area contributed by atoms with Crippen LogP contribution in [0.3, 0.4) is 0 Å². The van der Waals surface area contributed by atoms with Crippen molar-refractivity contribution in [3.63, 3.8) is 0 Å². The predicted octanol–water partition coefficient (Wildman–Crippen LogP) is 3.01. The summed E-state index contributed by atoms with van der Waals surface area (Å²) >= 11 is 0. The number of aromatic amines is 1. The number of rotatable bonds is 6. The smallest absolute Gasteiger partial charge is 0.475 e. The molecule has 0 unspecified atom stereocenters. The topological polar surface area (TPSA) is 130 Å². The molecule has 0 fully saturated rings. The van der Waals surface area contributed by atoms with E-state index in [9.17, 15) is 22.8 Å². The first kappa shape index (κ1) is 26.5. The van der Waals surface area contributed by atoms with E-state index in [1.54, 1.807) is 0 Å². The Labute approximate surface area is 203 Å². The van der Waals surface area contributed by atoms with E-state index in [2.05, 4.69) is 32.4 Å². The number of aromatic nitrogens is 4. The highest BCUT2D eigenvalue weighted by molar-refractivity contribution is 5.81. The Morgan fingerprint density at radius 2 is 1.72 bits per heavy atom. The molecule has 3 N–H and O–H groups in total. The predicted molar refractivity (Wildman–Crippen MR) is 127 cm³/mol. The van der Waals surface area contributed by atoms with Gasteiger partial charge in [0.25, 0.3) is 5.56 Å². The van der Waals surface area contributed by atoms with Crippen molar-refractivity contribution in [2.24, 2.45) is 0 Å². The molecular weight excluding hydrogens is 479 g/mol. The van der Waals surface area contributed by atoms with Gasteiger partial charge in [-0.3, -0.25) is 9.78 Å². The van der Waals surface area contributed by atoms with Crippen molar-refractivity contribution in [1.82, 2.24) is 24.8 Å². The Balaban J connectivity index is 0.000000454. The molecule has 0 aliphatic carbocycles. The van der Waals surface area contributed by atoms with Gasteiger partial charge in [0.1, 0.15) is 0 Å². The third-order valence-corrected chi connectivity index (χ3v) is 5.37. The average molecular weight is 503 g/mol. The highest BCUT2D eigenvalue weighted by Gasteiger charge is 2.38. The van der Waals surface area contributed by atoms with Gasteiger partial charge in [0.2, 0.25) is 0 Å².